The van der Waals surface area contributed by atoms with Crippen LogP contribution in [0.15, 0.2) is 0 Å². The fraction of sp³-hybridized carbons (Fsp3) is 0.929. The van der Waals surface area contributed by atoms with Crippen LogP contribution < -0.4 is 0 Å². The Kier molecular flexibility index (Phi) is 4.68. The predicted molar refractivity (Wildman–Crippen MR) is 70.8 cm³/mol. The Morgan fingerprint density at radius 2 is 1.79 bits per heavy atom. The van der Waals surface area contributed by atoms with E-state index >= 15 is 0 Å². The Morgan fingerprint density at radius 3 is 2.32 bits per heavy atom. The zero-order valence-corrected chi connectivity index (χ0v) is 12.2. The van der Waals surface area contributed by atoms with Gasteiger partial charge in [-0.1, -0.05) is 0 Å². The number of carbonyl (C=O) groups is 1. The minimum atomic E-state index is -0.417. The molecule has 2 fully saturated rings. The highest BCUT2D eigenvalue weighted by molar-refractivity contribution is 5.68. The molecule has 2 heterocycles. The number of ether oxygens (including phenoxy) is 3. The van der Waals surface area contributed by atoms with Crippen LogP contribution in [0.2, 0.25) is 0 Å². The van der Waals surface area contributed by atoms with Crippen molar-refractivity contribution in [3.8, 4) is 0 Å². The van der Waals surface area contributed by atoms with Crippen molar-refractivity contribution < 1.29 is 19.0 Å². The Balaban J connectivity index is 1.71. The van der Waals surface area contributed by atoms with Crippen LogP contribution in [-0.4, -0.2) is 49.2 Å². The minimum absolute atomic E-state index is 0.0296. The summed E-state index contributed by atoms with van der Waals surface area (Å²) in [6.45, 7) is 8.65. The fourth-order valence-electron chi connectivity index (χ4n) is 2.49. The molecule has 0 aromatic heterocycles. The molecule has 5 nitrogen and oxygen atoms in total. The van der Waals surface area contributed by atoms with Crippen LogP contribution in [0.1, 0.15) is 40.0 Å². The van der Waals surface area contributed by atoms with Gasteiger partial charge in [-0.3, -0.25) is 0 Å². The molecule has 0 aromatic rings. The first-order valence-corrected chi connectivity index (χ1v) is 7.15. The number of rotatable bonds is 2. The van der Waals surface area contributed by atoms with Crippen molar-refractivity contribution in [2.75, 3.05) is 26.3 Å². The lowest BCUT2D eigenvalue weighted by Gasteiger charge is -2.33. The van der Waals surface area contributed by atoms with E-state index in [-0.39, 0.29) is 12.4 Å². The Bertz CT molecular complexity index is 299. The molecule has 1 amide bonds. The van der Waals surface area contributed by atoms with Gasteiger partial charge in [0.1, 0.15) is 5.60 Å². The van der Waals surface area contributed by atoms with Gasteiger partial charge in [0, 0.05) is 19.5 Å². The highest BCUT2D eigenvalue weighted by Crippen LogP contribution is 2.25. The van der Waals surface area contributed by atoms with Crippen molar-refractivity contribution in [1.29, 1.82) is 0 Å². The number of piperidine rings is 1. The molecule has 0 N–H and O–H groups in total. The number of likely N-dealkylation sites (tertiary alicyclic amines) is 1. The van der Waals surface area contributed by atoms with Gasteiger partial charge in [0.2, 0.25) is 0 Å². The van der Waals surface area contributed by atoms with Crippen LogP contribution in [0.3, 0.4) is 0 Å². The molecule has 2 rings (SSSR count). The lowest BCUT2D eigenvalue weighted by atomic mass is 9.93. The maximum Gasteiger partial charge on any atom is 0.410 e. The molecule has 0 aromatic carbocycles. The summed E-state index contributed by atoms with van der Waals surface area (Å²) in [7, 11) is 0. The maximum atomic E-state index is 11.9. The van der Waals surface area contributed by atoms with E-state index in [9.17, 15) is 4.79 Å². The van der Waals surface area contributed by atoms with Crippen LogP contribution in [0.4, 0.5) is 4.79 Å². The van der Waals surface area contributed by atoms with Gasteiger partial charge < -0.3 is 19.1 Å². The first kappa shape index (κ1) is 14.6. The highest BCUT2D eigenvalue weighted by Gasteiger charge is 2.29. The molecular weight excluding hydrogens is 246 g/mol. The van der Waals surface area contributed by atoms with Gasteiger partial charge in [-0.2, -0.15) is 0 Å². The van der Waals surface area contributed by atoms with Crippen LogP contribution in [0.25, 0.3) is 0 Å². The summed E-state index contributed by atoms with van der Waals surface area (Å²) in [6, 6.07) is 0. The molecule has 0 spiro atoms. The molecule has 110 valence electrons. The molecule has 5 heteroatoms. The summed E-state index contributed by atoms with van der Waals surface area (Å²) in [5.74, 6) is 0.585. The number of carbonyl (C=O) groups excluding carboxylic acids is 1. The van der Waals surface area contributed by atoms with E-state index in [0.717, 1.165) is 32.4 Å². The maximum absolute atomic E-state index is 11.9. The third-order valence-corrected chi connectivity index (χ3v) is 3.48. The number of nitrogens with zero attached hydrogens (tertiary/aromatic N) is 1. The normalized spacial score (nSPS) is 22.8. The molecule has 2 aliphatic rings. The van der Waals surface area contributed by atoms with Crippen molar-refractivity contribution in [3.05, 3.63) is 0 Å². The van der Waals surface area contributed by atoms with Gasteiger partial charge in [0.15, 0.2) is 6.29 Å². The van der Waals surface area contributed by atoms with Gasteiger partial charge >= 0.3 is 6.09 Å². The zero-order valence-electron chi connectivity index (χ0n) is 12.2. The fourth-order valence-corrected chi connectivity index (χ4v) is 2.49. The first-order valence-electron chi connectivity index (χ1n) is 7.15. The van der Waals surface area contributed by atoms with Crippen LogP contribution in [0.5, 0.6) is 0 Å². The van der Waals surface area contributed by atoms with Crippen molar-refractivity contribution in [2.45, 2.75) is 51.9 Å². The molecule has 0 bridgehead atoms. The van der Waals surface area contributed by atoms with Gasteiger partial charge in [-0.05, 0) is 39.5 Å². The first-order chi connectivity index (χ1) is 8.94. The lowest BCUT2D eigenvalue weighted by molar-refractivity contribution is -0.0619. The van der Waals surface area contributed by atoms with Crippen LogP contribution >= 0.6 is 0 Å². The highest BCUT2D eigenvalue weighted by atomic mass is 16.7. The van der Waals surface area contributed by atoms with Crippen molar-refractivity contribution in [2.24, 2.45) is 5.92 Å². The number of amides is 1. The van der Waals surface area contributed by atoms with Crippen LogP contribution in [-0.2, 0) is 14.2 Å². The van der Waals surface area contributed by atoms with E-state index in [1.165, 1.54) is 0 Å². The van der Waals surface area contributed by atoms with Gasteiger partial charge in [-0.15, -0.1) is 0 Å². The molecule has 0 saturated carbocycles. The summed E-state index contributed by atoms with van der Waals surface area (Å²) in [5, 5.41) is 0. The van der Waals surface area contributed by atoms with E-state index in [2.05, 4.69) is 0 Å². The molecule has 19 heavy (non-hydrogen) atoms. The summed E-state index contributed by atoms with van der Waals surface area (Å²) >= 11 is 0. The second-order valence-electron chi connectivity index (χ2n) is 6.32. The topological polar surface area (TPSA) is 48.0 Å². The average Bonchev–Trinajstić information content (AvgIpc) is 2.80. The van der Waals surface area contributed by atoms with E-state index in [0.29, 0.717) is 19.1 Å². The summed E-state index contributed by atoms with van der Waals surface area (Å²) in [5.41, 5.74) is -0.417. The molecule has 2 aliphatic heterocycles. The summed E-state index contributed by atoms with van der Waals surface area (Å²) < 4.78 is 16.3. The number of hydrogen-bond donors (Lipinski definition) is 0. The van der Waals surface area contributed by atoms with Gasteiger partial charge in [-0.25, -0.2) is 4.79 Å². The molecule has 0 aliphatic carbocycles. The Morgan fingerprint density at radius 1 is 1.21 bits per heavy atom. The molecule has 0 radical (unpaired) electrons. The van der Waals surface area contributed by atoms with Crippen molar-refractivity contribution >= 4 is 6.09 Å². The summed E-state index contributed by atoms with van der Waals surface area (Å²) in [4.78, 5) is 13.7. The molecule has 0 atom stereocenters. The lowest BCUT2D eigenvalue weighted by Crippen LogP contribution is -2.42. The quantitative estimate of drug-likeness (QED) is 0.773. The van der Waals surface area contributed by atoms with E-state index in [4.69, 9.17) is 14.2 Å². The SMILES string of the molecule is CC(C)(C)OC(=O)N1CCC(CC2OCCO2)CC1. The molecule has 0 unspecified atom stereocenters. The summed E-state index contributed by atoms with van der Waals surface area (Å²) in [6.07, 6.45) is 2.73. The monoisotopic (exact) mass is 271 g/mol. The van der Waals surface area contributed by atoms with E-state index in [1.54, 1.807) is 4.90 Å². The minimum Gasteiger partial charge on any atom is -0.444 e. The standard InChI is InChI=1S/C14H25NO4/c1-14(2,3)19-13(16)15-6-4-11(5-7-15)10-12-17-8-9-18-12/h11-12H,4-10H2,1-3H3. The largest absolute Gasteiger partial charge is 0.444 e. The second-order valence-corrected chi connectivity index (χ2v) is 6.32. The zero-order chi connectivity index (χ0) is 13.9. The second kappa shape index (κ2) is 6.09. The van der Waals surface area contributed by atoms with Crippen molar-refractivity contribution in [3.63, 3.8) is 0 Å². The van der Waals surface area contributed by atoms with Crippen LogP contribution in [0, 0.1) is 5.92 Å². The van der Waals surface area contributed by atoms with E-state index in [1.807, 2.05) is 20.8 Å². The smallest absolute Gasteiger partial charge is 0.410 e. The van der Waals surface area contributed by atoms with Gasteiger partial charge in [0.05, 0.1) is 13.2 Å². The van der Waals surface area contributed by atoms with Crippen molar-refractivity contribution in [1.82, 2.24) is 4.90 Å². The Labute approximate surface area is 115 Å². The third-order valence-electron chi connectivity index (χ3n) is 3.48. The molecular formula is C14H25NO4. The van der Waals surface area contributed by atoms with Gasteiger partial charge in [0.25, 0.3) is 0 Å². The third kappa shape index (κ3) is 4.66. The number of hydrogen-bond acceptors (Lipinski definition) is 4. The predicted octanol–water partition coefficient (Wildman–Crippen LogP) is 2.40. The Hall–Kier alpha value is -0.810. The molecule has 2 saturated heterocycles. The van der Waals surface area contributed by atoms with E-state index < -0.39 is 5.60 Å². The average molecular weight is 271 g/mol.